The van der Waals surface area contributed by atoms with Gasteiger partial charge in [0.1, 0.15) is 5.82 Å². The Hall–Kier alpha value is -1.58. The number of nitrogens with zero attached hydrogens (tertiary/aromatic N) is 1. The topological polar surface area (TPSA) is 54.0 Å². The van der Waals surface area contributed by atoms with Crippen molar-refractivity contribution in [3.8, 4) is 0 Å². The Morgan fingerprint density at radius 1 is 1.50 bits per heavy atom. The number of hydrogen-bond donors (Lipinski definition) is 2. The molecule has 0 spiro atoms. The normalized spacial score (nSPS) is 16.1. The van der Waals surface area contributed by atoms with Crippen molar-refractivity contribution in [2.24, 2.45) is 5.41 Å². The van der Waals surface area contributed by atoms with Crippen molar-refractivity contribution >= 4 is 11.7 Å². The van der Waals surface area contributed by atoms with E-state index in [-0.39, 0.29) is 5.91 Å². The Labute approximate surface area is 108 Å². The zero-order chi connectivity index (χ0) is 13.0. The Bertz CT molecular complexity index is 427. The molecule has 1 aromatic heterocycles. The minimum Gasteiger partial charge on any atom is -0.372 e. The van der Waals surface area contributed by atoms with Crippen LogP contribution in [0.4, 0.5) is 5.82 Å². The monoisotopic (exact) mass is 247 g/mol. The summed E-state index contributed by atoms with van der Waals surface area (Å²) in [6.07, 6.45) is 6.56. The third-order valence-electron chi connectivity index (χ3n) is 3.65. The Morgan fingerprint density at radius 2 is 2.28 bits per heavy atom. The number of pyridine rings is 1. The van der Waals surface area contributed by atoms with Crippen molar-refractivity contribution in [3.05, 3.63) is 23.9 Å². The van der Waals surface area contributed by atoms with Gasteiger partial charge in [-0.05, 0) is 36.8 Å². The third-order valence-corrected chi connectivity index (χ3v) is 3.65. The van der Waals surface area contributed by atoms with Crippen molar-refractivity contribution in [1.29, 1.82) is 0 Å². The lowest BCUT2D eigenvalue weighted by Crippen LogP contribution is -2.30. The first kappa shape index (κ1) is 12.9. The molecule has 0 atom stereocenters. The predicted molar refractivity (Wildman–Crippen MR) is 72.7 cm³/mol. The standard InChI is InChI=1S/C14H21N3O/c1-3-6-14(7-8-14)10-17-13(18)11-5-4-9-16-12(11)15-2/h4-5,9H,3,6-8,10H2,1-2H3,(H,15,16)(H,17,18). The van der Waals surface area contributed by atoms with E-state index in [9.17, 15) is 4.79 Å². The van der Waals surface area contributed by atoms with Crippen molar-refractivity contribution in [2.45, 2.75) is 32.6 Å². The van der Waals surface area contributed by atoms with Gasteiger partial charge in [0, 0.05) is 19.8 Å². The first-order valence-electron chi connectivity index (χ1n) is 6.62. The lowest BCUT2D eigenvalue weighted by molar-refractivity contribution is 0.0944. The molecule has 1 heterocycles. The zero-order valence-corrected chi connectivity index (χ0v) is 11.1. The zero-order valence-electron chi connectivity index (χ0n) is 11.1. The molecule has 0 bridgehead atoms. The van der Waals surface area contributed by atoms with Crippen LogP contribution in [0.15, 0.2) is 18.3 Å². The minimum absolute atomic E-state index is 0.0326. The largest absolute Gasteiger partial charge is 0.372 e. The van der Waals surface area contributed by atoms with E-state index in [1.807, 2.05) is 0 Å². The fraction of sp³-hybridized carbons (Fsp3) is 0.571. The van der Waals surface area contributed by atoms with Gasteiger partial charge in [-0.1, -0.05) is 13.3 Å². The molecule has 1 amide bonds. The van der Waals surface area contributed by atoms with Crippen LogP contribution >= 0.6 is 0 Å². The molecule has 0 saturated heterocycles. The highest BCUT2D eigenvalue weighted by Crippen LogP contribution is 2.48. The summed E-state index contributed by atoms with van der Waals surface area (Å²) >= 11 is 0. The maximum atomic E-state index is 12.1. The highest BCUT2D eigenvalue weighted by molar-refractivity contribution is 5.98. The second kappa shape index (κ2) is 5.38. The van der Waals surface area contributed by atoms with E-state index in [2.05, 4.69) is 22.5 Å². The van der Waals surface area contributed by atoms with Crippen LogP contribution in [0.25, 0.3) is 0 Å². The van der Waals surface area contributed by atoms with Crippen LogP contribution in [0.2, 0.25) is 0 Å². The van der Waals surface area contributed by atoms with E-state index in [0.717, 1.165) is 6.54 Å². The lowest BCUT2D eigenvalue weighted by atomic mass is 10.0. The molecule has 2 rings (SSSR count). The van der Waals surface area contributed by atoms with Gasteiger partial charge in [-0.3, -0.25) is 4.79 Å². The summed E-state index contributed by atoms with van der Waals surface area (Å²) in [6, 6.07) is 3.59. The van der Waals surface area contributed by atoms with Crippen LogP contribution < -0.4 is 10.6 Å². The van der Waals surface area contributed by atoms with Crippen LogP contribution in [0.5, 0.6) is 0 Å². The summed E-state index contributed by atoms with van der Waals surface area (Å²) in [7, 11) is 1.78. The molecule has 0 unspecified atom stereocenters. The number of hydrogen-bond acceptors (Lipinski definition) is 3. The highest BCUT2D eigenvalue weighted by atomic mass is 16.1. The SMILES string of the molecule is CCCC1(CNC(=O)c2cccnc2NC)CC1. The summed E-state index contributed by atoms with van der Waals surface area (Å²) in [4.78, 5) is 16.3. The van der Waals surface area contributed by atoms with Crippen LogP contribution in [0.1, 0.15) is 43.0 Å². The van der Waals surface area contributed by atoms with Gasteiger partial charge in [-0.25, -0.2) is 4.98 Å². The number of aromatic nitrogens is 1. The van der Waals surface area contributed by atoms with Crippen LogP contribution in [0, 0.1) is 5.41 Å². The Kier molecular flexibility index (Phi) is 3.84. The van der Waals surface area contributed by atoms with Crippen LogP contribution in [-0.4, -0.2) is 24.5 Å². The summed E-state index contributed by atoms with van der Waals surface area (Å²) in [6.45, 7) is 2.99. The quantitative estimate of drug-likeness (QED) is 0.811. The van der Waals surface area contributed by atoms with Gasteiger partial charge >= 0.3 is 0 Å². The highest BCUT2D eigenvalue weighted by Gasteiger charge is 2.41. The molecular formula is C14H21N3O. The van der Waals surface area contributed by atoms with E-state index in [0.29, 0.717) is 16.8 Å². The van der Waals surface area contributed by atoms with Gasteiger partial charge < -0.3 is 10.6 Å². The van der Waals surface area contributed by atoms with Crippen LogP contribution in [0.3, 0.4) is 0 Å². The van der Waals surface area contributed by atoms with Gasteiger partial charge in [0.25, 0.3) is 5.91 Å². The molecule has 4 nitrogen and oxygen atoms in total. The van der Waals surface area contributed by atoms with Crippen molar-refractivity contribution in [3.63, 3.8) is 0 Å². The van der Waals surface area contributed by atoms with Crippen molar-refractivity contribution in [2.75, 3.05) is 18.9 Å². The molecule has 1 saturated carbocycles. The maximum absolute atomic E-state index is 12.1. The van der Waals surface area contributed by atoms with Gasteiger partial charge in [-0.2, -0.15) is 0 Å². The van der Waals surface area contributed by atoms with Crippen molar-refractivity contribution in [1.82, 2.24) is 10.3 Å². The molecule has 1 aliphatic carbocycles. The first-order valence-corrected chi connectivity index (χ1v) is 6.62. The number of carbonyl (C=O) groups is 1. The maximum Gasteiger partial charge on any atom is 0.255 e. The number of amides is 1. The van der Waals surface area contributed by atoms with E-state index < -0.39 is 0 Å². The fourth-order valence-corrected chi connectivity index (χ4v) is 2.37. The Balaban J connectivity index is 1.96. The summed E-state index contributed by atoms with van der Waals surface area (Å²) in [5.41, 5.74) is 0.999. The van der Waals surface area contributed by atoms with Gasteiger partial charge in [0.05, 0.1) is 5.56 Å². The number of carbonyl (C=O) groups excluding carboxylic acids is 1. The van der Waals surface area contributed by atoms with E-state index in [1.165, 1.54) is 25.7 Å². The molecule has 0 aromatic carbocycles. The number of nitrogens with one attached hydrogen (secondary N) is 2. The molecule has 98 valence electrons. The first-order chi connectivity index (χ1) is 8.71. The molecule has 1 fully saturated rings. The fourth-order valence-electron chi connectivity index (χ4n) is 2.37. The lowest BCUT2D eigenvalue weighted by Gasteiger charge is -2.15. The molecule has 0 radical (unpaired) electrons. The summed E-state index contributed by atoms with van der Waals surface area (Å²) < 4.78 is 0. The second-order valence-corrected chi connectivity index (χ2v) is 5.08. The summed E-state index contributed by atoms with van der Waals surface area (Å²) in [5.74, 6) is 0.602. The number of rotatable bonds is 6. The smallest absolute Gasteiger partial charge is 0.255 e. The minimum atomic E-state index is -0.0326. The van der Waals surface area contributed by atoms with E-state index in [1.54, 1.807) is 25.4 Å². The third kappa shape index (κ3) is 2.81. The molecule has 18 heavy (non-hydrogen) atoms. The van der Waals surface area contributed by atoms with Gasteiger partial charge in [0.15, 0.2) is 0 Å². The van der Waals surface area contributed by atoms with E-state index in [4.69, 9.17) is 0 Å². The average molecular weight is 247 g/mol. The van der Waals surface area contributed by atoms with E-state index >= 15 is 0 Å². The summed E-state index contributed by atoms with van der Waals surface area (Å²) in [5, 5.41) is 5.98. The second-order valence-electron chi connectivity index (χ2n) is 5.08. The Morgan fingerprint density at radius 3 is 2.89 bits per heavy atom. The molecular weight excluding hydrogens is 226 g/mol. The van der Waals surface area contributed by atoms with Crippen LogP contribution in [-0.2, 0) is 0 Å². The average Bonchev–Trinajstić information content (AvgIpc) is 3.16. The number of anilines is 1. The molecule has 1 aliphatic rings. The molecule has 0 aliphatic heterocycles. The van der Waals surface area contributed by atoms with Crippen molar-refractivity contribution < 1.29 is 4.79 Å². The predicted octanol–water partition coefficient (Wildman–Crippen LogP) is 2.43. The molecule has 2 N–H and O–H groups in total. The van der Waals surface area contributed by atoms with Gasteiger partial charge in [0.2, 0.25) is 0 Å². The molecule has 4 heteroatoms. The molecule has 1 aromatic rings. The van der Waals surface area contributed by atoms with Gasteiger partial charge in [-0.15, -0.1) is 0 Å².